The first-order chi connectivity index (χ1) is 30.3. The molecule has 9 unspecified atom stereocenters. The number of aliphatic hydroxyl groups excluding tert-OH is 2. The summed E-state index contributed by atoms with van der Waals surface area (Å²) in [5.74, 6) is -8.54. The highest BCUT2D eigenvalue weighted by atomic mass is 16.7. The van der Waals surface area contributed by atoms with E-state index in [4.69, 9.17) is 23.8 Å². The van der Waals surface area contributed by atoms with Crippen LogP contribution in [0, 0.1) is 30.6 Å². The molecule has 3 heterocycles. The molecule has 354 valence electrons. The Bertz CT molecular complexity index is 2090. The van der Waals surface area contributed by atoms with Gasteiger partial charge in [0.05, 0.1) is 53.0 Å². The molecular weight excluding hydrogens is 825 g/mol. The number of esters is 1. The van der Waals surface area contributed by atoms with E-state index in [9.17, 15) is 39.9 Å². The average Bonchev–Trinajstić information content (AvgIpc) is 3.52. The Labute approximate surface area is 377 Å². The third kappa shape index (κ3) is 11.8. The molecule has 3 aliphatic heterocycles. The van der Waals surface area contributed by atoms with Crippen LogP contribution in [0.2, 0.25) is 0 Å². The molecule has 6 N–H and O–H groups in total. The number of nitrogens with one attached hydrogen (secondary N) is 1. The van der Waals surface area contributed by atoms with Crippen molar-refractivity contribution in [2.45, 2.75) is 150 Å². The van der Waals surface area contributed by atoms with E-state index in [1.165, 1.54) is 85.3 Å². The fraction of sp³-hybridized carbons (Fsp3) is 0.592. The maximum absolute atomic E-state index is 14.5. The average molecular weight is 895 g/mol. The number of amides is 1. The SMILES string of the molecule is CCCCCCCCCCCO/N=C/c1c2c(O)c3c(O)c(C)c4c(c3c1O)C(=O)C(C)(O/C=C\C(OC)C(C)C(OC(C)=O)C(C)C(O)C(C)C(O)C(C)/C=C\C=C(\C)C(=O)N2)O4. The number of ketones is 1. The predicted molar refractivity (Wildman–Crippen MR) is 245 cm³/mol. The summed E-state index contributed by atoms with van der Waals surface area (Å²) in [5, 5.41) is 64.6. The Morgan fingerprint density at radius 1 is 0.875 bits per heavy atom. The van der Waals surface area contributed by atoms with Crippen LogP contribution in [0.4, 0.5) is 5.69 Å². The number of nitrogens with zero attached hydrogens (tertiary/aromatic N) is 1. The summed E-state index contributed by atoms with van der Waals surface area (Å²) in [5.41, 5.74) is -0.530. The van der Waals surface area contributed by atoms with Crippen LogP contribution in [0.15, 0.2) is 41.3 Å². The molecule has 64 heavy (non-hydrogen) atoms. The molecule has 0 aliphatic carbocycles. The number of aromatic hydroxyl groups is 3. The minimum Gasteiger partial charge on any atom is -0.507 e. The Hall–Kier alpha value is -5.12. The zero-order chi connectivity index (χ0) is 47.5. The van der Waals surface area contributed by atoms with Crippen LogP contribution in [0.5, 0.6) is 23.0 Å². The minimum absolute atomic E-state index is 0.0438. The molecule has 9 atom stereocenters. The topological polar surface area (TPSA) is 223 Å². The van der Waals surface area contributed by atoms with Gasteiger partial charge in [0.25, 0.3) is 11.7 Å². The lowest BCUT2D eigenvalue weighted by atomic mass is 9.78. The van der Waals surface area contributed by atoms with E-state index in [1.807, 2.05) is 0 Å². The number of methoxy groups -OCH3 is 1. The number of phenols is 3. The fourth-order valence-electron chi connectivity index (χ4n) is 8.49. The number of rotatable bonds is 14. The number of allylic oxidation sites excluding steroid dienone is 2. The van der Waals surface area contributed by atoms with E-state index in [-0.39, 0.29) is 51.1 Å². The number of phenolic OH excluding ortho intramolecular Hbond substituents is 3. The van der Waals surface area contributed by atoms with Crippen molar-refractivity contribution < 1.29 is 63.7 Å². The van der Waals surface area contributed by atoms with Gasteiger partial charge in [0.15, 0.2) is 5.75 Å². The largest absolute Gasteiger partial charge is 0.507 e. The molecule has 3 aliphatic rings. The molecule has 2 aromatic rings. The van der Waals surface area contributed by atoms with Crippen molar-refractivity contribution in [1.82, 2.24) is 0 Å². The van der Waals surface area contributed by atoms with Gasteiger partial charge < -0.3 is 54.6 Å². The first-order valence-corrected chi connectivity index (χ1v) is 22.6. The van der Waals surface area contributed by atoms with Gasteiger partial charge in [-0.1, -0.05) is 103 Å². The van der Waals surface area contributed by atoms with E-state index in [1.54, 1.807) is 39.8 Å². The monoisotopic (exact) mass is 894 g/mol. The van der Waals surface area contributed by atoms with Gasteiger partial charge in [-0.2, -0.15) is 0 Å². The highest BCUT2D eigenvalue weighted by molar-refractivity contribution is 6.23. The normalized spacial score (nSPS) is 28.7. The van der Waals surface area contributed by atoms with Crippen molar-refractivity contribution in [2.24, 2.45) is 28.8 Å². The van der Waals surface area contributed by atoms with Crippen LogP contribution in [0.25, 0.3) is 10.8 Å². The van der Waals surface area contributed by atoms with E-state index in [0.717, 1.165) is 31.9 Å². The smallest absolute Gasteiger partial charge is 0.312 e. The number of benzene rings is 2. The zero-order valence-corrected chi connectivity index (χ0v) is 39.1. The summed E-state index contributed by atoms with van der Waals surface area (Å²) in [6.07, 6.45) is 14.6. The molecule has 15 heteroatoms. The third-order valence-electron chi connectivity index (χ3n) is 12.6. The Kier molecular flexibility index (Phi) is 18.7. The van der Waals surface area contributed by atoms with Crippen molar-refractivity contribution >= 4 is 40.3 Å². The lowest BCUT2D eigenvalue weighted by molar-refractivity contribution is -0.160. The first-order valence-electron chi connectivity index (χ1n) is 22.6. The van der Waals surface area contributed by atoms with Gasteiger partial charge in [0.2, 0.25) is 0 Å². The van der Waals surface area contributed by atoms with Crippen molar-refractivity contribution in [2.75, 3.05) is 19.0 Å². The van der Waals surface area contributed by atoms with Gasteiger partial charge in [-0.05, 0) is 32.8 Å². The Balaban J connectivity index is 1.82. The number of unbranched alkanes of at least 4 members (excludes halogenated alkanes) is 8. The van der Waals surface area contributed by atoms with Crippen molar-refractivity contribution in [3.8, 4) is 23.0 Å². The lowest BCUT2D eigenvalue weighted by Gasteiger charge is -2.38. The number of carbonyl (C=O) groups is 3. The summed E-state index contributed by atoms with van der Waals surface area (Å²) in [7, 11) is 1.44. The van der Waals surface area contributed by atoms with Gasteiger partial charge in [-0.3, -0.25) is 14.4 Å². The molecule has 5 rings (SSSR count). The fourth-order valence-corrected chi connectivity index (χ4v) is 8.49. The molecule has 0 radical (unpaired) electrons. The molecule has 15 nitrogen and oxygen atoms in total. The number of oxime groups is 1. The van der Waals surface area contributed by atoms with E-state index in [0.29, 0.717) is 0 Å². The Morgan fingerprint density at radius 3 is 2.14 bits per heavy atom. The Morgan fingerprint density at radius 2 is 1.52 bits per heavy atom. The molecule has 0 spiro atoms. The maximum Gasteiger partial charge on any atom is 0.312 e. The van der Waals surface area contributed by atoms with Crippen molar-refractivity contribution in [3.63, 3.8) is 0 Å². The van der Waals surface area contributed by atoms with Gasteiger partial charge >= 0.3 is 11.8 Å². The van der Waals surface area contributed by atoms with Gasteiger partial charge in [0.1, 0.15) is 30.0 Å². The van der Waals surface area contributed by atoms with Crippen LogP contribution in [-0.2, 0) is 28.6 Å². The standard InChI is InChI=1S/C49H70N2O13/c1-11-12-13-14-15-16-17-18-19-24-62-50-26-34-39-44(57)37-36(43(34)56)38-46(32(7)42(37)55)64-49(9,47(38)58)61-25-23-35(60-10)29(4)45(63-33(8)52)31(6)41(54)30(5)40(53)27(2)21-20-22-28(3)48(59)51-39/h20-23,25-27,29-31,35,40-41,45,53-57H,11-19,24H2,1-10H3,(H,51,59)/b21-20-,25-23-,28-22-,50-26+. The number of hydrogen-bond acceptors (Lipinski definition) is 14. The maximum atomic E-state index is 14.5. The molecule has 0 fully saturated rings. The van der Waals surface area contributed by atoms with E-state index < -0.39 is 88.8 Å². The first kappa shape index (κ1) is 51.5. The quantitative estimate of drug-likeness (QED) is 0.0261. The minimum atomic E-state index is -2.06. The number of hydrogen-bond donors (Lipinski definition) is 6. The second-order valence-electron chi connectivity index (χ2n) is 17.5. The second kappa shape index (κ2) is 23.2. The van der Waals surface area contributed by atoms with Gasteiger partial charge in [-0.15, -0.1) is 0 Å². The summed E-state index contributed by atoms with van der Waals surface area (Å²) >= 11 is 0. The predicted octanol–water partition coefficient (Wildman–Crippen LogP) is 8.64. The number of aliphatic hydroxyl groups is 2. The molecular formula is C49H70N2O13. The number of Topliss-reactive ketones (excluding diaryl/α,β-unsaturated/α-hetero) is 1. The second-order valence-corrected chi connectivity index (χ2v) is 17.5. The number of ether oxygens (including phenoxy) is 4. The third-order valence-corrected chi connectivity index (χ3v) is 12.6. The van der Waals surface area contributed by atoms with Gasteiger partial charge in [0, 0.05) is 61.2 Å². The van der Waals surface area contributed by atoms with Crippen molar-refractivity contribution in [3.05, 3.63) is 52.8 Å². The molecule has 5 bridgehead atoms. The van der Waals surface area contributed by atoms with E-state index >= 15 is 0 Å². The number of fused-ring (bicyclic) bond motifs is 14. The van der Waals surface area contributed by atoms with Crippen LogP contribution in [0.1, 0.15) is 135 Å². The van der Waals surface area contributed by atoms with Crippen LogP contribution < -0.4 is 10.1 Å². The highest BCUT2D eigenvalue weighted by Gasteiger charge is 2.50. The highest BCUT2D eigenvalue weighted by Crippen LogP contribution is 2.55. The number of anilines is 1. The van der Waals surface area contributed by atoms with Crippen LogP contribution >= 0.6 is 0 Å². The summed E-state index contributed by atoms with van der Waals surface area (Å²) in [6, 6.07) is 0. The molecule has 2 aromatic carbocycles. The van der Waals surface area contributed by atoms with E-state index in [2.05, 4.69) is 17.4 Å². The van der Waals surface area contributed by atoms with Crippen LogP contribution in [-0.4, -0.2) is 93.3 Å². The summed E-state index contributed by atoms with van der Waals surface area (Å²) in [4.78, 5) is 46.1. The number of carbonyl (C=O) groups excluding carboxylic acids is 3. The molecule has 1 amide bonds. The zero-order valence-electron chi connectivity index (χ0n) is 39.1. The van der Waals surface area contributed by atoms with Crippen LogP contribution in [0.3, 0.4) is 0 Å². The molecule has 0 aromatic heterocycles. The lowest BCUT2D eigenvalue weighted by Crippen LogP contribution is -2.46. The van der Waals surface area contributed by atoms with Crippen molar-refractivity contribution in [1.29, 1.82) is 0 Å². The van der Waals surface area contributed by atoms with Gasteiger partial charge in [-0.25, -0.2) is 0 Å². The summed E-state index contributed by atoms with van der Waals surface area (Å²) < 4.78 is 23.6. The molecule has 0 saturated carbocycles. The summed E-state index contributed by atoms with van der Waals surface area (Å²) in [6.45, 7) is 15.0. The molecule has 0 saturated heterocycles.